The summed E-state index contributed by atoms with van der Waals surface area (Å²) in [6, 6.07) is 8.07. The number of benzene rings is 1. The number of anilines is 1. The number of aromatic nitrogens is 3. The molecule has 0 bridgehead atoms. The molecule has 7 nitrogen and oxygen atoms in total. The first kappa shape index (κ1) is 20.7. The van der Waals surface area contributed by atoms with Gasteiger partial charge in [-0.05, 0) is 32.8 Å². The van der Waals surface area contributed by atoms with Crippen LogP contribution in [0.2, 0.25) is 0 Å². The first-order chi connectivity index (χ1) is 13.8. The zero-order valence-corrected chi connectivity index (χ0v) is 18.0. The van der Waals surface area contributed by atoms with E-state index in [-0.39, 0.29) is 5.69 Å². The van der Waals surface area contributed by atoms with E-state index < -0.39 is 18.0 Å². The number of esters is 1. The van der Waals surface area contributed by atoms with Crippen molar-refractivity contribution in [3.63, 3.8) is 0 Å². The van der Waals surface area contributed by atoms with Gasteiger partial charge in [0.25, 0.3) is 5.91 Å². The molecule has 1 N–H and O–H groups in total. The van der Waals surface area contributed by atoms with E-state index in [9.17, 15) is 9.59 Å². The number of carbonyl (C=O) groups is 2. The standard InChI is InChI=1S/C21H24N4O3S/c1-6-15-7-9-16(10-8-15)20-22-17(11-29-20)21(27)28-14(4)19(26)23-18-12(2)24-25(5)13(18)3/h7-11,14H,6H2,1-5H3,(H,23,26)/t14-/m0/s1. The average Bonchev–Trinajstić information content (AvgIpc) is 3.29. The Bertz CT molecular complexity index is 1040. The first-order valence-electron chi connectivity index (χ1n) is 9.37. The number of nitrogens with zero attached hydrogens (tertiary/aromatic N) is 3. The van der Waals surface area contributed by atoms with Crippen LogP contribution in [0.4, 0.5) is 5.69 Å². The van der Waals surface area contributed by atoms with Crippen LogP contribution in [0.3, 0.4) is 0 Å². The SMILES string of the molecule is CCc1ccc(-c2nc(C(=O)O[C@@H](C)C(=O)Nc3c(C)nn(C)c3C)cs2)cc1. The van der Waals surface area contributed by atoms with Crippen LogP contribution in [0.25, 0.3) is 10.6 Å². The smallest absolute Gasteiger partial charge is 0.358 e. The summed E-state index contributed by atoms with van der Waals surface area (Å²) in [5.41, 5.74) is 4.54. The fraction of sp³-hybridized carbons (Fsp3) is 0.333. The molecule has 0 aliphatic rings. The Balaban J connectivity index is 1.65. The van der Waals surface area contributed by atoms with Gasteiger partial charge in [0.15, 0.2) is 11.8 Å². The molecule has 1 aromatic carbocycles. The van der Waals surface area contributed by atoms with Gasteiger partial charge < -0.3 is 10.1 Å². The first-order valence-corrected chi connectivity index (χ1v) is 10.2. The van der Waals surface area contributed by atoms with Crippen LogP contribution in [0, 0.1) is 13.8 Å². The van der Waals surface area contributed by atoms with Gasteiger partial charge in [0.1, 0.15) is 5.01 Å². The normalized spacial score (nSPS) is 11.9. The summed E-state index contributed by atoms with van der Waals surface area (Å²) in [5.74, 6) is -1.04. The molecule has 0 aliphatic carbocycles. The molecule has 152 valence electrons. The molecule has 0 radical (unpaired) electrons. The highest BCUT2D eigenvalue weighted by atomic mass is 32.1. The van der Waals surface area contributed by atoms with Crippen molar-refractivity contribution in [3.8, 4) is 10.6 Å². The Morgan fingerprint density at radius 1 is 1.24 bits per heavy atom. The van der Waals surface area contributed by atoms with Crippen molar-refractivity contribution in [2.45, 2.75) is 40.2 Å². The highest BCUT2D eigenvalue weighted by molar-refractivity contribution is 7.13. The van der Waals surface area contributed by atoms with Gasteiger partial charge in [-0.3, -0.25) is 9.48 Å². The van der Waals surface area contributed by atoms with Gasteiger partial charge >= 0.3 is 5.97 Å². The Morgan fingerprint density at radius 2 is 1.93 bits per heavy atom. The Kier molecular flexibility index (Phi) is 6.12. The zero-order chi connectivity index (χ0) is 21.1. The van der Waals surface area contributed by atoms with Crippen LogP contribution in [-0.4, -0.2) is 32.7 Å². The lowest BCUT2D eigenvalue weighted by atomic mass is 10.1. The Morgan fingerprint density at radius 3 is 2.52 bits per heavy atom. The van der Waals surface area contributed by atoms with Crippen molar-refractivity contribution in [1.29, 1.82) is 0 Å². The van der Waals surface area contributed by atoms with Gasteiger partial charge in [-0.2, -0.15) is 5.10 Å². The van der Waals surface area contributed by atoms with E-state index in [2.05, 4.69) is 22.3 Å². The lowest BCUT2D eigenvalue weighted by Crippen LogP contribution is -2.30. The summed E-state index contributed by atoms with van der Waals surface area (Å²) < 4.78 is 6.99. The van der Waals surface area contributed by atoms with E-state index >= 15 is 0 Å². The number of nitrogens with one attached hydrogen (secondary N) is 1. The van der Waals surface area contributed by atoms with Crippen molar-refractivity contribution in [1.82, 2.24) is 14.8 Å². The minimum Gasteiger partial charge on any atom is -0.448 e. The molecule has 1 amide bonds. The van der Waals surface area contributed by atoms with E-state index in [0.717, 1.165) is 22.7 Å². The maximum Gasteiger partial charge on any atom is 0.358 e. The maximum absolute atomic E-state index is 12.4. The number of hydrogen-bond donors (Lipinski definition) is 1. The maximum atomic E-state index is 12.4. The highest BCUT2D eigenvalue weighted by Gasteiger charge is 2.23. The number of aryl methyl sites for hydroxylation is 3. The van der Waals surface area contributed by atoms with Gasteiger partial charge in [-0.15, -0.1) is 11.3 Å². The lowest BCUT2D eigenvalue weighted by molar-refractivity contribution is -0.123. The van der Waals surface area contributed by atoms with Crippen molar-refractivity contribution in [2.24, 2.45) is 7.05 Å². The van der Waals surface area contributed by atoms with Crippen LogP contribution < -0.4 is 5.32 Å². The molecular weight excluding hydrogens is 388 g/mol. The predicted molar refractivity (Wildman–Crippen MR) is 113 cm³/mol. The molecule has 0 unspecified atom stereocenters. The summed E-state index contributed by atoms with van der Waals surface area (Å²) in [7, 11) is 1.80. The topological polar surface area (TPSA) is 86.1 Å². The van der Waals surface area contributed by atoms with E-state index in [0.29, 0.717) is 11.4 Å². The predicted octanol–water partition coefficient (Wildman–Crippen LogP) is 3.91. The molecule has 0 saturated carbocycles. The quantitative estimate of drug-likeness (QED) is 0.621. The number of carbonyl (C=O) groups excluding carboxylic acids is 2. The molecule has 29 heavy (non-hydrogen) atoms. The molecule has 0 aliphatic heterocycles. The van der Waals surface area contributed by atoms with Gasteiger partial charge in [-0.25, -0.2) is 9.78 Å². The fourth-order valence-electron chi connectivity index (χ4n) is 2.84. The van der Waals surface area contributed by atoms with Crippen LogP contribution in [0.15, 0.2) is 29.6 Å². The third-order valence-electron chi connectivity index (χ3n) is 4.73. The molecule has 2 aromatic heterocycles. The zero-order valence-electron chi connectivity index (χ0n) is 17.1. The minimum atomic E-state index is -0.963. The summed E-state index contributed by atoms with van der Waals surface area (Å²) >= 11 is 1.37. The summed E-state index contributed by atoms with van der Waals surface area (Å²) in [6.07, 6.45) is 0.00354. The third-order valence-corrected chi connectivity index (χ3v) is 5.62. The summed E-state index contributed by atoms with van der Waals surface area (Å²) in [4.78, 5) is 29.2. The second-order valence-corrected chi connectivity index (χ2v) is 7.65. The molecule has 3 rings (SSSR count). The van der Waals surface area contributed by atoms with Crippen LogP contribution in [-0.2, 0) is 23.0 Å². The average molecular weight is 413 g/mol. The van der Waals surface area contributed by atoms with Gasteiger partial charge in [-0.1, -0.05) is 31.2 Å². The van der Waals surface area contributed by atoms with Gasteiger partial charge in [0.2, 0.25) is 0 Å². The number of thiazole rings is 1. The minimum absolute atomic E-state index is 0.193. The van der Waals surface area contributed by atoms with E-state index in [1.165, 1.54) is 23.8 Å². The van der Waals surface area contributed by atoms with Crippen LogP contribution in [0.5, 0.6) is 0 Å². The highest BCUT2D eigenvalue weighted by Crippen LogP contribution is 2.25. The summed E-state index contributed by atoms with van der Waals surface area (Å²) in [6.45, 7) is 7.30. The molecule has 0 fully saturated rings. The Labute approximate surface area is 173 Å². The molecule has 1 atom stereocenters. The monoisotopic (exact) mass is 412 g/mol. The molecule has 3 aromatic rings. The van der Waals surface area contributed by atoms with E-state index in [1.807, 2.05) is 38.1 Å². The molecule has 0 spiro atoms. The molecular formula is C21H24N4O3S. The number of hydrogen-bond acceptors (Lipinski definition) is 6. The number of ether oxygens (including phenoxy) is 1. The van der Waals surface area contributed by atoms with Crippen molar-refractivity contribution < 1.29 is 14.3 Å². The third kappa shape index (κ3) is 4.54. The second-order valence-electron chi connectivity index (χ2n) is 6.79. The fourth-order valence-corrected chi connectivity index (χ4v) is 3.63. The molecule has 8 heteroatoms. The second kappa shape index (κ2) is 8.57. The van der Waals surface area contributed by atoms with Gasteiger partial charge in [0.05, 0.1) is 17.1 Å². The van der Waals surface area contributed by atoms with Crippen molar-refractivity contribution in [2.75, 3.05) is 5.32 Å². The van der Waals surface area contributed by atoms with Crippen molar-refractivity contribution in [3.05, 3.63) is 52.3 Å². The van der Waals surface area contributed by atoms with Gasteiger partial charge in [0, 0.05) is 18.0 Å². The van der Waals surface area contributed by atoms with Crippen LogP contribution >= 0.6 is 11.3 Å². The molecule has 2 heterocycles. The number of rotatable bonds is 6. The Hall–Kier alpha value is -3.00. The van der Waals surface area contributed by atoms with E-state index in [1.54, 1.807) is 17.1 Å². The van der Waals surface area contributed by atoms with Crippen LogP contribution in [0.1, 0.15) is 41.3 Å². The van der Waals surface area contributed by atoms with E-state index in [4.69, 9.17) is 4.74 Å². The lowest BCUT2D eigenvalue weighted by Gasteiger charge is -2.13. The molecule has 0 saturated heterocycles. The summed E-state index contributed by atoms with van der Waals surface area (Å²) in [5, 5.41) is 9.42. The number of amides is 1. The van der Waals surface area contributed by atoms with Crippen molar-refractivity contribution >= 4 is 28.9 Å². The largest absolute Gasteiger partial charge is 0.448 e.